The first-order chi connectivity index (χ1) is 11.2. The Hall–Kier alpha value is -2.72. The fourth-order valence-corrected chi connectivity index (χ4v) is 2.37. The number of fused-ring (bicyclic) bond motifs is 1. The summed E-state index contributed by atoms with van der Waals surface area (Å²) < 4.78 is 1.80. The minimum atomic E-state index is -0.152. The maximum absolute atomic E-state index is 11.9. The summed E-state index contributed by atoms with van der Waals surface area (Å²) in [6, 6.07) is 20.0. The highest BCUT2D eigenvalue weighted by atomic mass is 35.5. The van der Waals surface area contributed by atoms with E-state index in [1.165, 1.54) is 5.39 Å². The molecule has 0 aliphatic rings. The summed E-state index contributed by atoms with van der Waals surface area (Å²) in [5.41, 5.74) is 4.38. The van der Waals surface area contributed by atoms with Crippen LogP contribution >= 0.6 is 0 Å². The van der Waals surface area contributed by atoms with Crippen LogP contribution in [0.4, 0.5) is 0 Å². The lowest BCUT2D eigenvalue weighted by atomic mass is 10.0. The first-order valence-corrected chi connectivity index (χ1v) is 7.49. The summed E-state index contributed by atoms with van der Waals surface area (Å²) in [5.74, 6) is -0.152. The number of benzene rings is 2. The Balaban J connectivity index is 0.00000208. The number of pyridine rings is 1. The topological polar surface area (TPSA) is 45.3 Å². The number of nitrogens with one attached hydrogen (secondary N) is 1. The van der Waals surface area contributed by atoms with Crippen LogP contribution < -0.4 is 22.4 Å². The van der Waals surface area contributed by atoms with Gasteiger partial charge in [-0.2, -0.15) is 9.67 Å². The molecule has 0 aliphatic carbocycles. The smallest absolute Gasteiger partial charge is 0.305 e. The van der Waals surface area contributed by atoms with Crippen molar-refractivity contribution in [3.8, 4) is 0 Å². The van der Waals surface area contributed by atoms with E-state index in [1.807, 2.05) is 55.7 Å². The Kier molecular flexibility index (Phi) is 6.04. The SMILES string of the molecule is C/C(=N/NC(=O)C[n+]1ccccc1)c1ccc2ccccc2c1.[Cl-]. The lowest BCUT2D eigenvalue weighted by Gasteiger charge is -2.04. The number of nitrogens with zero attached hydrogens (tertiary/aromatic N) is 2. The predicted molar refractivity (Wildman–Crippen MR) is 90.9 cm³/mol. The number of hydrogen-bond acceptors (Lipinski definition) is 2. The average Bonchev–Trinajstić information content (AvgIpc) is 2.60. The van der Waals surface area contributed by atoms with Crippen molar-refractivity contribution in [3.63, 3.8) is 0 Å². The molecule has 0 unspecified atom stereocenters. The number of aromatic nitrogens is 1. The van der Waals surface area contributed by atoms with Crippen LogP contribution in [0.5, 0.6) is 0 Å². The van der Waals surface area contributed by atoms with Crippen LogP contribution in [0.15, 0.2) is 78.2 Å². The molecule has 0 fully saturated rings. The number of carbonyl (C=O) groups excluding carboxylic acids is 1. The van der Waals surface area contributed by atoms with Crippen LogP contribution in [0.25, 0.3) is 10.8 Å². The van der Waals surface area contributed by atoms with Crippen LogP contribution in [0.1, 0.15) is 12.5 Å². The third-order valence-electron chi connectivity index (χ3n) is 3.62. The van der Waals surface area contributed by atoms with E-state index in [4.69, 9.17) is 0 Å². The third-order valence-corrected chi connectivity index (χ3v) is 3.62. The van der Waals surface area contributed by atoms with Crippen LogP contribution in [-0.4, -0.2) is 11.6 Å². The van der Waals surface area contributed by atoms with Crippen molar-refractivity contribution in [3.05, 3.63) is 78.6 Å². The lowest BCUT2D eigenvalue weighted by molar-refractivity contribution is -0.684. The minimum absolute atomic E-state index is 0. The molecule has 3 aromatic rings. The summed E-state index contributed by atoms with van der Waals surface area (Å²) in [4.78, 5) is 11.9. The van der Waals surface area contributed by atoms with Gasteiger partial charge in [-0.15, -0.1) is 0 Å². The van der Waals surface area contributed by atoms with Gasteiger partial charge in [-0.3, -0.25) is 4.79 Å². The zero-order valence-electron chi connectivity index (χ0n) is 13.3. The maximum Gasteiger partial charge on any atom is 0.305 e. The molecule has 1 heterocycles. The number of hydrogen-bond donors (Lipinski definition) is 1. The number of halogens is 1. The van der Waals surface area contributed by atoms with Crippen LogP contribution in [0.2, 0.25) is 0 Å². The molecule has 1 N–H and O–H groups in total. The van der Waals surface area contributed by atoms with Crippen molar-refractivity contribution in [2.75, 3.05) is 0 Å². The van der Waals surface area contributed by atoms with E-state index >= 15 is 0 Å². The molecule has 24 heavy (non-hydrogen) atoms. The lowest BCUT2D eigenvalue weighted by Crippen LogP contribution is -3.00. The number of carbonyl (C=O) groups is 1. The molecule has 0 radical (unpaired) electrons. The summed E-state index contributed by atoms with van der Waals surface area (Å²) in [5, 5.41) is 6.55. The molecule has 122 valence electrons. The van der Waals surface area contributed by atoms with Gasteiger partial charge >= 0.3 is 5.91 Å². The molecule has 3 rings (SSSR count). The van der Waals surface area contributed by atoms with E-state index in [1.54, 1.807) is 4.57 Å². The van der Waals surface area contributed by atoms with Gasteiger partial charge in [-0.05, 0) is 29.3 Å². The summed E-state index contributed by atoms with van der Waals surface area (Å²) >= 11 is 0. The monoisotopic (exact) mass is 339 g/mol. The first-order valence-electron chi connectivity index (χ1n) is 7.49. The van der Waals surface area contributed by atoms with E-state index in [2.05, 4.69) is 34.8 Å². The Morgan fingerprint density at radius 3 is 2.46 bits per heavy atom. The molecular weight excluding hydrogens is 322 g/mol. The number of rotatable bonds is 4. The molecule has 0 saturated heterocycles. The van der Waals surface area contributed by atoms with Crippen molar-refractivity contribution in [1.82, 2.24) is 5.43 Å². The zero-order chi connectivity index (χ0) is 16.1. The fourth-order valence-electron chi connectivity index (χ4n) is 2.37. The molecule has 0 bridgehead atoms. The molecule has 0 saturated carbocycles. The summed E-state index contributed by atoms with van der Waals surface area (Å²) in [6.45, 7) is 2.13. The molecule has 1 amide bonds. The Morgan fingerprint density at radius 2 is 1.71 bits per heavy atom. The number of amides is 1. The molecule has 0 spiro atoms. The second-order valence-electron chi connectivity index (χ2n) is 5.34. The maximum atomic E-state index is 11.9. The van der Waals surface area contributed by atoms with Gasteiger partial charge in [0.05, 0.1) is 5.71 Å². The van der Waals surface area contributed by atoms with Gasteiger partial charge in [0.15, 0.2) is 12.4 Å². The van der Waals surface area contributed by atoms with Gasteiger partial charge in [-0.1, -0.05) is 42.5 Å². The number of hydrazone groups is 1. The van der Waals surface area contributed by atoms with Gasteiger partial charge < -0.3 is 12.4 Å². The second-order valence-corrected chi connectivity index (χ2v) is 5.34. The Morgan fingerprint density at radius 1 is 1.00 bits per heavy atom. The normalized spacial score (nSPS) is 11.0. The molecule has 4 nitrogen and oxygen atoms in total. The highest BCUT2D eigenvalue weighted by Gasteiger charge is 2.07. The van der Waals surface area contributed by atoms with Crippen molar-refractivity contribution in [2.45, 2.75) is 13.5 Å². The van der Waals surface area contributed by atoms with Crippen molar-refractivity contribution >= 4 is 22.4 Å². The van der Waals surface area contributed by atoms with E-state index in [0.29, 0.717) is 0 Å². The largest absolute Gasteiger partial charge is 1.00 e. The van der Waals surface area contributed by atoms with Crippen molar-refractivity contribution < 1.29 is 21.8 Å². The highest BCUT2D eigenvalue weighted by Crippen LogP contribution is 2.16. The Labute approximate surface area is 147 Å². The van der Waals surface area contributed by atoms with Gasteiger partial charge in [0.2, 0.25) is 6.54 Å². The molecule has 1 aromatic heterocycles. The van der Waals surface area contributed by atoms with E-state index in [9.17, 15) is 4.79 Å². The summed E-state index contributed by atoms with van der Waals surface area (Å²) in [7, 11) is 0. The minimum Gasteiger partial charge on any atom is -1.00 e. The predicted octanol–water partition coefficient (Wildman–Crippen LogP) is -0.328. The van der Waals surface area contributed by atoms with Crippen LogP contribution in [-0.2, 0) is 11.3 Å². The van der Waals surface area contributed by atoms with Crippen LogP contribution in [0, 0.1) is 0 Å². The van der Waals surface area contributed by atoms with Crippen molar-refractivity contribution in [2.24, 2.45) is 5.10 Å². The van der Waals surface area contributed by atoms with Gasteiger partial charge in [0.1, 0.15) is 0 Å². The fraction of sp³-hybridized carbons (Fsp3) is 0.105. The van der Waals surface area contributed by atoms with Crippen LogP contribution in [0.3, 0.4) is 0 Å². The van der Waals surface area contributed by atoms with E-state index < -0.39 is 0 Å². The average molecular weight is 340 g/mol. The molecular formula is C19H18ClN3O. The third kappa shape index (κ3) is 4.40. The quantitative estimate of drug-likeness (QED) is 0.395. The Bertz CT molecular complexity index is 863. The summed E-state index contributed by atoms with van der Waals surface area (Å²) in [6.07, 6.45) is 3.69. The first kappa shape index (κ1) is 17.6. The molecule has 2 aromatic carbocycles. The van der Waals surface area contributed by atoms with Crippen molar-refractivity contribution in [1.29, 1.82) is 0 Å². The van der Waals surface area contributed by atoms with Gasteiger partial charge in [0, 0.05) is 12.1 Å². The van der Waals surface area contributed by atoms with E-state index in [0.717, 1.165) is 16.7 Å². The second kappa shape index (κ2) is 8.22. The zero-order valence-corrected chi connectivity index (χ0v) is 14.1. The standard InChI is InChI=1S/C19H17N3O.ClH/c1-15(17-10-9-16-7-3-4-8-18(16)13-17)20-21-19(23)14-22-11-5-2-6-12-22;/h2-13H,14H2,1H3;1H/b20-15-;. The van der Waals surface area contributed by atoms with Gasteiger partial charge in [0.25, 0.3) is 0 Å². The molecule has 0 aliphatic heterocycles. The van der Waals surface area contributed by atoms with Gasteiger partial charge in [-0.25, -0.2) is 5.43 Å². The highest BCUT2D eigenvalue weighted by molar-refractivity contribution is 6.02. The molecule has 5 heteroatoms. The molecule has 0 atom stereocenters. The van der Waals surface area contributed by atoms with E-state index in [-0.39, 0.29) is 24.9 Å².